The molecular formula is C21H24N6O. The second-order valence-electron chi connectivity index (χ2n) is 8.13. The summed E-state index contributed by atoms with van der Waals surface area (Å²) >= 11 is 0. The summed E-state index contributed by atoms with van der Waals surface area (Å²) < 4.78 is 0. The lowest BCUT2D eigenvalue weighted by molar-refractivity contribution is 0.222. The molecule has 3 aromatic rings. The zero-order chi connectivity index (χ0) is 19.1. The summed E-state index contributed by atoms with van der Waals surface area (Å²) in [6.07, 6.45) is 10.2. The predicted octanol–water partition coefficient (Wildman–Crippen LogP) is 2.71. The van der Waals surface area contributed by atoms with E-state index >= 15 is 0 Å². The van der Waals surface area contributed by atoms with Crippen molar-refractivity contribution >= 4 is 16.7 Å². The van der Waals surface area contributed by atoms with Crippen LogP contribution in [0.4, 0.5) is 5.82 Å². The minimum Gasteiger partial charge on any atom is -0.505 e. The minimum atomic E-state index is 0.134. The molecule has 0 bridgehead atoms. The van der Waals surface area contributed by atoms with Gasteiger partial charge in [-0.2, -0.15) is 0 Å². The Kier molecular flexibility index (Phi) is 4.12. The van der Waals surface area contributed by atoms with Gasteiger partial charge in [0.1, 0.15) is 11.6 Å². The lowest BCUT2D eigenvalue weighted by Gasteiger charge is -2.40. The zero-order valence-corrected chi connectivity index (χ0v) is 16.0. The molecular weight excluding hydrogens is 352 g/mol. The van der Waals surface area contributed by atoms with Crippen LogP contribution in [0.3, 0.4) is 0 Å². The monoisotopic (exact) mass is 376 g/mol. The van der Waals surface area contributed by atoms with Gasteiger partial charge in [-0.15, -0.1) is 0 Å². The summed E-state index contributed by atoms with van der Waals surface area (Å²) in [5.74, 6) is 1.57. The lowest BCUT2D eigenvalue weighted by atomic mass is 9.78. The van der Waals surface area contributed by atoms with E-state index in [4.69, 9.17) is 4.98 Å². The molecule has 2 aliphatic heterocycles. The summed E-state index contributed by atoms with van der Waals surface area (Å²) in [6.45, 7) is 4.26. The summed E-state index contributed by atoms with van der Waals surface area (Å²) in [5.41, 5.74) is 2.01. The standard InChI is InChI=1S/C21H24N6O/c1-26-9-4-21(14-26)5-10-27(11-6-21)20-18-16(12-23-13-17(18)28)24-19(25-20)15-2-7-22-8-3-15/h2-3,7-8,12-13,28H,4-6,9-11,14H2,1H3. The van der Waals surface area contributed by atoms with Gasteiger partial charge in [0.15, 0.2) is 5.82 Å². The Hall–Kier alpha value is -2.80. The third kappa shape index (κ3) is 2.96. The molecule has 0 aliphatic carbocycles. The average Bonchev–Trinajstić information content (AvgIpc) is 3.08. The Morgan fingerprint density at radius 1 is 0.964 bits per heavy atom. The van der Waals surface area contributed by atoms with Gasteiger partial charge in [-0.1, -0.05) is 0 Å². The number of likely N-dealkylation sites (tertiary alicyclic amines) is 1. The van der Waals surface area contributed by atoms with E-state index in [0.717, 1.165) is 37.3 Å². The van der Waals surface area contributed by atoms with Gasteiger partial charge in [0, 0.05) is 37.6 Å². The highest BCUT2D eigenvalue weighted by Gasteiger charge is 2.40. The Bertz CT molecular complexity index is 1000. The van der Waals surface area contributed by atoms with Crippen molar-refractivity contribution in [2.24, 2.45) is 5.41 Å². The van der Waals surface area contributed by atoms with Crippen molar-refractivity contribution in [1.29, 1.82) is 0 Å². The first-order valence-electron chi connectivity index (χ1n) is 9.82. The van der Waals surface area contributed by atoms with Crippen LogP contribution in [0.15, 0.2) is 36.9 Å². The van der Waals surface area contributed by atoms with E-state index < -0.39 is 0 Å². The van der Waals surface area contributed by atoms with E-state index in [1.807, 2.05) is 12.1 Å². The molecule has 28 heavy (non-hydrogen) atoms. The largest absolute Gasteiger partial charge is 0.505 e. The van der Waals surface area contributed by atoms with Crippen LogP contribution >= 0.6 is 0 Å². The van der Waals surface area contributed by atoms with E-state index in [-0.39, 0.29) is 5.75 Å². The molecule has 2 saturated heterocycles. The van der Waals surface area contributed by atoms with Crippen LogP contribution in [0.2, 0.25) is 0 Å². The number of nitrogens with zero attached hydrogens (tertiary/aromatic N) is 6. The van der Waals surface area contributed by atoms with Crippen LogP contribution in [0, 0.1) is 5.41 Å². The topological polar surface area (TPSA) is 78.3 Å². The zero-order valence-electron chi connectivity index (χ0n) is 16.0. The molecule has 0 amide bonds. The van der Waals surface area contributed by atoms with Crippen molar-refractivity contribution in [1.82, 2.24) is 24.8 Å². The van der Waals surface area contributed by atoms with Gasteiger partial charge in [0.05, 0.1) is 23.3 Å². The molecule has 2 fully saturated rings. The summed E-state index contributed by atoms with van der Waals surface area (Å²) in [7, 11) is 2.21. The van der Waals surface area contributed by atoms with E-state index in [9.17, 15) is 5.11 Å². The fraction of sp³-hybridized carbons (Fsp3) is 0.429. The SMILES string of the molecule is CN1CCC2(CCN(c3nc(-c4ccncc4)nc4cncc(O)c34)CC2)C1. The number of hydrogen-bond donors (Lipinski definition) is 1. The molecule has 0 unspecified atom stereocenters. The molecule has 5 heterocycles. The molecule has 0 aromatic carbocycles. The number of hydrogen-bond acceptors (Lipinski definition) is 7. The normalized spacial score (nSPS) is 19.5. The Morgan fingerprint density at radius 2 is 1.71 bits per heavy atom. The fourth-order valence-electron chi connectivity index (χ4n) is 4.67. The van der Waals surface area contributed by atoms with Gasteiger partial charge in [0.25, 0.3) is 0 Å². The molecule has 1 spiro atoms. The maximum Gasteiger partial charge on any atom is 0.162 e. The third-order valence-electron chi connectivity index (χ3n) is 6.26. The molecule has 2 aliphatic rings. The van der Waals surface area contributed by atoms with Gasteiger partial charge in [0.2, 0.25) is 0 Å². The Morgan fingerprint density at radius 3 is 2.43 bits per heavy atom. The van der Waals surface area contributed by atoms with E-state index in [1.54, 1.807) is 18.6 Å². The summed E-state index contributed by atoms with van der Waals surface area (Å²) in [6, 6.07) is 3.81. The molecule has 0 radical (unpaired) electrons. The molecule has 0 saturated carbocycles. The number of aromatic hydroxyl groups is 1. The van der Waals surface area contributed by atoms with Gasteiger partial charge < -0.3 is 14.9 Å². The molecule has 5 rings (SSSR count). The van der Waals surface area contributed by atoms with Crippen molar-refractivity contribution in [2.45, 2.75) is 19.3 Å². The van der Waals surface area contributed by atoms with Crippen LogP contribution in [0.1, 0.15) is 19.3 Å². The molecule has 0 atom stereocenters. The highest BCUT2D eigenvalue weighted by molar-refractivity contribution is 5.95. The fourth-order valence-corrected chi connectivity index (χ4v) is 4.67. The first-order chi connectivity index (χ1) is 13.6. The average molecular weight is 376 g/mol. The summed E-state index contributed by atoms with van der Waals surface area (Å²) in [5, 5.41) is 11.2. The predicted molar refractivity (Wildman–Crippen MR) is 108 cm³/mol. The second kappa shape index (κ2) is 6.67. The number of piperidine rings is 1. The number of pyridine rings is 2. The van der Waals surface area contributed by atoms with Gasteiger partial charge >= 0.3 is 0 Å². The molecule has 144 valence electrons. The molecule has 7 heteroatoms. The first kappa shape index (κ1) is 17.3. The number of anilines is 1. The smallest absolute Gasteiger partial charge is 0.162 e. The number of fused-ring (bicyclic) bond motifs is 1. The van der Waals surface area contributed by atoms with E-state index in [2.05, 4.69) is 31.8 Å². The molecule has 7 nitrogen and oxygen atoms in total. The van der Waals surface area contributed by atoms with Crippen molar-refractivity contribution in [3.05, 3.63) is 36.9 Å². The van der Waals surface area contributed by atoms with Gasteiger partial charge in [-0.25, -0.2) is 9.97 Å². The maximum atomic E-state index is 10.5. The molecule has 3 aromatic heterocycles. The maximum absolute atomic E-state index is 10.5. The molecule has 1 N–H and O–H groups in total. The quantitative estimate of drug-likeness (QED) is 0.737. The van der Waals surface area contributed by atoms with Crippen LogP contribution in [-0.4, -0.2) is 63.2 Å². The van der Waals surface area contributed by atoms with Crippen LogP contribution < -0.4 is 4.90 Å². The first-order valence-corrected chi connectivity index (χ1v) is 9.82. The van der Waals surface area contributed by atoms with Crippen molar-refractivity contribution in [2.75, 3.05) is 38.1 Å². The minimum absolute atomic E-state index is 0.134. The van der Waals surface area contributed by atoms with Crippen LogP contribution in [-0.2, 0) is 0 Å². The van der Waals surface area contributed by atoms with Gasteiger partial charge in [-0.05, 0) is 50.4 Å². The second-order valence-corrected chi connectivity index (χ2v) is 8.13. The highest BCUT2D eigenvalue weighted by Crippen LogP contribution is 2.42. The van der Waals surface area contributed by atoms with Crippen molar-refractivity contribution < 1.29 is 5.11 Å². The Labute approximate surface area is 164 Å². The van der Waals surface area contributed by atoms with Crippen molar-refractivity contribution in [3.63, 3.8) is 0 Å². The third-order valence-corrected chi connectivity index (χ3v) is 6.26. The number of aromatic nitrogens is 4. The number of rotatable bonds is 2. The van der Waals surface area contributed by atoms with E-state index in [0.29, 0.717) is 22.1 Å². The summed E-state index contributed by atoms with van der Waals surface area (Å²) in [4.78, 5) is 22.5. The van der Waals surface area contributed by atoms with Crippen molar-refractivity contribution in [3.8, 4) is 17.1 Å². The van der Waals surface area contributed by atoms with Crippen LogP contribution in [0.5, 0.6) is 5.75 Å². The van der Waals surface area contributed by atoms with Gasteiger partial charge in [-0.3, -0.25) is 9.97 Å². The lowest BCUT2D eigenvalue weighted by Crippen LogP contribution is -2.41. The highest BCUT2D eigenvalue weighted by atomic mass is 16.3. The van der Waals surface area contributed by atoms with Crippen LogP contribution in [0.25, 0.3) is 22.3 Å². The Balaban J connectivity index is 1.55. The van der Waals surface area contributed by atoms with E-state index in [1.165, 1.54) is 25.7 Å².